The van der Waals surface area contributed by atoms with Crippen molar-refractivity contribution < 1.29 is 28.6 Å². The van der Waals surface area contributed by atoms with Crippen molar-refractivity contribution in [3.63, 3.8) is 0 Å². The molecule has 0 saturated heterocycles. The van der Waals surface area contributed by atoms with Crippen LogP contribution in [-0.2, 0) is 28.6 Å². The van der Waals surface area contributed by atoms with E-state index >= 15 is 0 Å². The Morgan fingerprint density at radius 3 is 2.45 bits per heavy atom. The van der Waals surface area contributed by atoms with Gasteiger partial charge in [-0.3, -0.25) is 4.79 Å². The predicted octanol–water partition coefficient (Wildman–Crippen LogP) is 2.52. The number of rotatable bonds is 5. The number of nitrogens with zero attached hydrogens (tertiary/aromatic N) is 1. The number of hydrogen-bond donors (Lipinski definition) is 1. The number of carbonyl (C=O) groups excluding carboxylic acids is 3. The number of aryl methyl sites for hydroxylation is 1. The largest absolute Gasteiger partial charge is 0.466 e. The first-order chi connectivity index (χ1) is 14.0. The highest BCUT2D eigenvalue weighted by Crippen LogP contribution is 2.31. The molecule has 1 fully saturated rings. The number of carbonyl (C=O) groups is 3. The number of anilines is 2. The van der Waals surface area contributed by atoms with Gasteiger partial charge in [0.25, 0.3) is 0 Å². The smallest absolute Gasteiger partial charge is 0.355 e. The molecule has 0 aromatic heterocycles. The lowest BCUT2D eigenvalue weighted by Gasteiger charge is -2.31. The Hall–Kier alpha value is -2.87. The summed E-state index contributed by atoms with van der Waals surface area (Å²) in [6, 6.07) is 5.42. The Morgan fingerprint density at radius 1 is 1.10 bits per heavy atom. The fourth-order valence-corrected chi connectivity index (χ4v) is 3.68. The molecule has 1 heterocycles. The number of amides is 1. The van der Waals surface area contributed by atoms with Crippen molar-refractivity contribution in [3.8, 4) is 0 Å². The molecule has 8 nitrogen and oxygen atoms in total. The van der Waals surface area contributed by atoms with Gasteiger partial charge in [0.05, 0.1) is 26.4 Å². The van der Waals surface area contributed by atoms with E-state index in [9.17, 15) is 14.4 Å². The van der Waals surface area contributed by atoms with Crippen LogP contribution in [0, 0.1) is 12.8 Å². The minimum Gasteiger partial charge on any atom is -0.466 e. The maximum atomic E-state index is 12.6. The number of ether oxygens (including phenoxy) is 3. The average Bonchev–Trinajstić information content (AvgIpc) is 3.28. The van der Waals surface area contributed by atoms with Crippen LogP contribution in [0.2, 0.25) is 0 Å². The number of benzene rings is 1. The second-order valence-corrected chi connectivity index (χ2v) is 7.19. The molecule has 1 aromatic rings. The van der Waals surface area contributed by atoms with Crippen LogP contribution in [0.4, 0.5) is 11.4 Å². The van der Waals surface area contributed by atoms with Crippen molar-refractivity contribution in [2.45, 2.75) is 32.6 Å². The maximum Gasteiger partial charge on any atom is 0.355 e. The van der Waals surface area contributed by atoms with Gasteiger partial charge in [-0.2, -0.15) is 0 Å². The third-order valence-electron chi connectivity index (χ3n) is 5.35. The predicted molar refractivity (Wildman–Crippen MR) is 106 cm³/mol. The van der Waals surface area contributed by atoms with Gasteiger partial charge in [0.2, 0.25) is 5.91 Å². The fourth-order valence-electron chi connectivity index (χ4n) is 3.68. The number of esters is 2. The third-order valence-corrected chi connectivity index (χ3v) is 5.35. The van der Waals surface area contributed by atoms with Gasteiger partial charge in [-0.25, -0.2) is 9.59 Å². The SMILES string of the molecule is COC(=O)C1=C(C(=O)OC)N(c2ccc(C)c(NC(=O)C3CCCC3)c2)COC1. The van der Waals surface area contributed by atoms with Crippen molar-refractivity contribution >= 4 is 29.2 Å². The van der Waals surface area contributed by atoms with Gasteiger partial charge in [0.15, 0.2) is 0 Å². The highest BCUT2D eigenvalue weighted by molar-refractivity contribution is 6.03. The minimum atomic E-state index is -0.661. The summed E-state index contributed by atoms with van der Waals surface area (Å²) < 4.78 is 15.2. The van der Waals surface area contributed by atoms with Gasteiger partial charge in [0.1, 0.15) is 12.4 Å². The Bertz CT molecular complexity index is 842. The summed E-state index contributed by atoms with van der Waals surface area (Å²) in [6.07, 6.45) is 3.96. The summed E-state index contributed by atoms with van der Waals surface area (Å²) in [4.78, 5) is 38.7. The van der Waals surface area contributed by atoms with Crippen molar-refractivity contribution in [1.29, 1.82) is 0 Å². The zero-order valence-electron chi connectivity index (χ0n) is 16.9. The molecule has 1 saturated carbocycles. The maximum absolute atomic E-state index is 12.6. The van der Waals surface area contributed by atoms with Gasteiger partial charge < -0.3 is 24.4 Å². The van der Waals surface area contributed by atoms with Crippen LogP contribution < -0.4 is 10.2 Å². The van der Waals surface area contributed by atoms with Gasteiger partial charge >= 0.3 is 11.9 Å². The van der Waals surface area contributed by atoms with Crippen LogP contribution in [0.25, 0.3) is 0 Å². The highest BCUT2D eigenvalue weighted by Gasteiger charge is 2.32. The van der Waals surface area contributed by atoms with Gasteiger partial charge in [-0.1, -0.05) is 18.9 Å². The first-order valence-electron chi connectivity index (χ1n) is 9.62. The van der Waals surface area contributed by atoms with Gasteiger partial charge in [-0.15, -0.1) is 0 Å². The van der Waals surface area contributed by atoms with Crippen molar-refractivity contribution in [1.82, 2.24) is 0 Å². The van der Waals surface area contributed by atoms with Crippen molar-refractivity contribution in [2.24, 2.45) is 5.92 Å². The van der Waals surface area contributed by atoms with Crippen molar-refractivity contribution in [2.75, 3.05) is 37.8 Å². The van der Waals surface area contributed by atoms with Crippen LogP contribution >= 0.6 is 0 Å². The standard InChI is InChI=1S/C21H26N2O6/c1-13-8-9-15(10-17(13)22-19(24)14-6-4-5-7-14)23-12-29-11-16(20(25)27-2)18(23)21(26)28-3/h8-10,14H,4-7,11-12H2,1-3H3,(H,22,24). The van der Waals surface area contributed by atoms with E-state index in [1.807, 2.05) is 13.0 Å². The molecular formula is C21H26N2O6. The summed E-state index contributed by atoms with van der Waals surface area (Å²) in [5.74, 6) is -1.27. The van der Waals surface area contributed by atoms with Crippen LogP contribution in [-0.4, -0.2) is 45.4 Å². The molecule has 3 rings (SSSR count). The Morgan fingerprint density at radius 2 is 1.79 bits per heavy atom. The summed E-state index contributed by atoms with van der Waals surface area (Å²) in [6.45, 7) is 1.91. The molecule has 1 aliphatic heterocycles. The number of methoxy groups -OCH3 is 2. The normalized spacial score (nSPS) is 17.3. The van der Waals surface area contributed by atoms with Gasteiger partial charge in [0, 0.05) is 17.3 Å². The molecular weight excluding hydrogens is 376 g/mol. The minimum absolute atomic E-state index is 0.0108. The molecule has 2 aliphatic rings. The molecule has 1 N–H and O–H groups in total. The van der Waals surface area contributed by atoms with E-state index in [1.54, 1.807) is 17.0 Å². The quantitative estimate of drug-likeness (QED) is 0.756. The van der Waals surface area contributed by atoms with E-state index in [1.165, 1.54) is 14.2 Å². The molecule has 1 aromatic carbocycles. The van der Waals surface area contributed by atoms with E-state index in [4.69, 9.17) is 14.2 Å². The molecule has 29 heavy (non-hydrogen) atoms. The van der Waals surface area contributed by atoms with Crippen LogP contribution in [0.1, 0.15) is 31.2 Å². The first-order valence-corrected chi connectivity index (χ1v) is 9.62. The Balaban J connectivity index is 1.94. The Labute approximate surface area is 169 Å². The summed E-state index contributed by atoms with van der Waals surface area (Å²) >= 11 is 0. The van der Waals surface area contributed by atoms with E-state index in [0.29, 0.717) is 11.4 Å². The molecule has 0 bridgehead atoms. The molecule has 8 heteroatoms. The van der Waals surface area contributed by atoms with E-state index in [2.05, 4.69) is 5.32 Å². The summed E-state index contributed by atoms with van der Waals surface area (Å²) in [5, 5.41) is 3.00. The lowest BCUT2D eigenvalue weighted by molar-refractivity contribution is -0.140. The number of hydrogen-bond acceptors (Lipinski definition) is 7. The highest BCUT2D eigenvalue weighted by atomic mass is 16.5. The molecule has 156 valence electrons. The monoisotopic (exact) mass is 402 g/mol. The van der Waals surface area contributed by atoms with Crippen LogP contribution in [0.15, 0.2) is 29.5 Å². The van der Waals surface area contributed by atoms with E-state index < -0.39 is 11.9 Å². The molecule has 0 spiro atoms. The van der Waals surface area contributed by atoms with Gasteiger partial charge in [-0.05, 0) is 37.5 Å². The zero-order chi connectivity index (χ0) is 21.0. The molecule has 0 unspecified atom stereocenters. The second kappa shape index (κ2) is 9.09. The lowest BCUT2D eigenvalue weighted by atomic mass is 10.1. The van der Waals surface area contributed by atoms with Crippen molar-refractivity contribution in [3.05, 3.63) is 35.0 Å². The van der Waals surface area contributed by atoms with Crippen LogP contribution in [0.5, 0.6) is 0 Å². The zero-order valence-corrected chi connectivity index (χ0v) is 16.9. The lowest BCUT2D eigenvalue weighted by Crippen LogP contribution is -2.38. The molecule has 0 radical (unpaired) electrons. The summed E-state index contributed by atoms with van der Waals surface area (Å²) in [7, 11) is 2.49. The topological polar surface area (TPSA) is 94.2 Å². The number of nitrogens with one attached hydrogen (secondary N) is 1. The molecule has 0 atom stereocenters. The summed E-state index contributed by atoms with van der Waals surface area (Å²) in [5.41, 5.74) is 2.31. The van der Waals surface area contributed by atoms with E-state index in [0.717, 1.165) is 31.2 Å². The average molecular weight is 402 g/mol. The fraction of sp³-hybridized carbons (Fsp3) is 0.476. The van der Waals surface area contributed by atoms with E-state index in [-0.39, 0.29) is 36.4 Å². The molecule has 1 amide bonds. The first kappa shape index (κ1) is 20.9. The third kappa shape index (κ3) is 4.42. The molecule has 1 aliphatic carbocycles. The van der Waals surface area contributed by atoms with Crippen LogP contribution in [0.3, 0.4) is 0 Å². The Kier molecular flexibility index (Phi) is 6.53. The second-order valence-electron chi connectivity index (χ2n) is 7.19.